The van der Waals surface area contributed by atoms with Crippen molar-refractivity contribution in [3.05, 3.63) is 58.1 Å². The van der Waals surface area contributed by atoms with Crippen molar-refractivity contribution in [3.8, 4) is 11.5 Å². The third-order valence-electron chi connectivity index (χ3n) is 2.60. The summed E-state index contributed by atoms with van der Waals surface area (Å²) in [5, 5.41) is 0. The Labute approximate surface area is 118 Å². The molecule has 1 atom stereocenters. The lowest BCUT2D eigenvalue weighted by molar-refractivity contribution is 0.429. The highest BCUT2D eigenvalue weighted by atomic mass is 79.9. The molecule has 2 rings (SSSR count). The van der Waals surface area contributed by atoms with Crippen molar-refractivity contribution in [2.24, 2.45) is 5.73 Å². The van der Waals surface area contributed by atoms with Gasteiger partial charge in [-0.25, -0.2) is 8.78 Å². The largest absolute Gasteiger partial charge is 0.454 e. The summed E-state index contributed by atoms with van der Waals surface area (Å²) in [6.07, 6.45) is 0. The predicted molar refractivity (Wildman–Crippen MR) is 73.2 cm³/mol. The second-order valence-corrected chi connectivity index (χ2v) is 4.98. The molecule has 2 aromatic rings. The number of rotatable bonds is 3. The van der Waals surface area contributed by atoms with Gasteiger partial charge in [0.05, 0.1) is 4.47 Å². The Bertz CT molecular complexity index is 602. The van der Waals surface area contributed by atoms with Crippen molar-refractivity contribution in [1.82, 2.24) is 0 Å². The van der Waals surface area contributed by atoms with Crippen LogP contribution in [-0.2, 0) is 0 Å². The average Bonchev–Trinajstić information content (AvgIpc) is 2.36. The van der Waals surface area contributed by atoms with Crippen LogP contribution in [0.4, 0.5) is 8.78 Å². The van der Waals surface area contributed by atoms with Crippen molar-refractivity contribution in [1.29, 1.82) is 0 Å². The minimum atomic E-state index is -0.530. The van der Waals surface area contributed by atoms with Crippen molar-refractivity contribution in [2.45, 2.75) is 13.0 Å². The van der Waals surface area contributed by atoms with Crippen molar-refractivity contribution in [2.75, 3.05) is 0 Å². The molecular formula is C14H12BrF2NO. The van der Waals surface area contributed by atoms with Crippen LogP contribution in [0, 0.1) is 11.6 Å². The molecule has 0 spiro atoms. The number of para-hydroxylation sites is 1. The number of halogens is 3. The predicted octanol–water partition coefficient (Wildman–Crippen LogP) is 4.54. The van der Waals surface area contributed by atoms with Crippen LogP contribution in [0.3, 0.4) is 0 Å². The Morgan fingerprint density at radius 2 is 1.89 bits per heavy atom. The zero-order valence-electron chi connectivity index (χ0n) is 10.2. The van der Waals surface area contributed by atoms with Gasteiger partial charge in [-0.1, -0.05) is 12.1 Å². The number of hydrogen-bond acceptors (Lipinski definition) is 2. The van der Waals surface area contributed by atoms with E-state index in [4.69, 9.17) is 10.5 Å². The van der Waals surface area contributed by atoms with Crippen LogP contribution in [0.5, 0.6) is 11.5 Å². The first-order chi connectivity index (χ1) is 8.99. The fourth-order valence-corrected chi connectivity index (χ4v) is 1.90. The molecule has 2 nitrogen and oxygen atoms in total. The van der Waals surface area contributed by atoms with E-state index in [-0.39, 0.29) is 17.5 Å². The zero-order chi connectivity index (χ0) is 14.0. The highest BCUT2D eigenvalue weighted by Crippen LogP contribution is 2.32. The second-order valence-electron chi connectivity index (χ2n) is 4.12. The topological polar surface area (TPSA) is 35.2 Å². The van der Waals surface area contributed by atoms with Gasteiger partial charge in [-0.3, -0.25) is 0 Å². The Balaban J connectivity index is 2.40. The van der Waals surface area contributed by atoms with E-state index in [0.29, 0.717) is 10.0 Å². The molecule has 0 saturated heterocycles. The third kappa shape index (κ3) is 3.11. The normalized spacial score (nSPS) is 12.3. The summed E-state index contributed by atoms with van der Waals surface area (Å²) < 4.78 is 32.9. The summed E-state index contributed by atoms with van der Waals surface area (Å²) in [7, 11) is 0. The van der Waals surface area contributed by atoms with Gasteiger partial charge in [0.25, 0.3) is 0 Å². The molecule has 19 heavy (non-hydrogen) atoms. The average molecular weight is 328 g/mol. The second kappa shape index (κ2) is 5.67. The molecular weight excluding hydrogens is 316 g/mol. The number of benzene rings is 2. The monoisotopic (exact) mass is 327 g/mol. The Hall–Kier alpha value is -1.46. The first kappa shape index (κ1) is 14.0. The molecule has 0 saturated carbocycles. The van der Waals surface area contributed by atoms with E-state index in [1.807, 2.05) is 0 Å². The summed E-state index contributed by atoms with van der Waals surface area (Å²) >= 11 is 3.04. The highest BCUT2D eigenvalue weighted by molar-refractivity contribution is 9.10. The summed E-state index contributed by atoms with van der Waals surface area (Å²) in [6, 6.07) is 8.35. The maximum atomic E-state index is 13.8. The van der Waals surface area contributed by atoms with E-state index in [1.54, 1.807) is 25.1 Å². The van der Waals surface area contributed by atoms with Crippen LogP contribution < -0.4 is 10.5 Å². The third-order valence-corrected chi connectivity index (χ3v) is 3.24. The van der Waals surface area contributed by atoms with Crippen molar-refractivity contribution in [3.63, 3.8) is 0 Å². The molecule has 0 aromatic heterocycles. The standard InChI is InChI=1S/C14H12BrF2NO/c1-8(18)10-3-2-4-12(16)14(10)19-9-5-6-11(15)13(17)7-9/h2-8H,18H2,1H3/t8-/m0/s1. The van der Waals surface area contributed by atoms with Crippen molar-refractivity contribution < 1.29 is 13.5 Å². The minimum absolute atomic E-state index is 0.0271. The summed E-state index contributed by atoms with van der Waals surface area (Å²) in [5.41, 5.74) is 6.29. The van der Waals surface area contributed by atoms with Crippen LogP contribution in [0.1, 0.15) is 18.5 Å². The SMILES string of the molecule is C[C@H](N)c1cccc(F)c1Oc1ccc(Br)c(F)c1. The molecule has 0 heterocycles. The smallest absolute Gasteiger partial charge is 0.167 e. The summed E-state index contributed by atoms with van der Waals surface area (Å²) in [4.78, 5) is 0. The molecule has 0 aliphatic heterocycles. The molecule has 0 unspecified atom stereocenters. The molecule has 0 aliphatic rings. The van der Waals surface area contributed by atoms with Crippen LogP contribution in [-0.4, -0.2) is 0 Å². The Morgan fingerprint density at radius 3 is 2.53 bits per heavy atom. The Kier molecular flexibility index (Phi) is 4.17. The molecule has 0 bridgehead atoms. The highest BCUT2D eigenvalue weighted by Gasteiger charge is 2.14. The van der Waals surface area contributed by atoms with Crippen LogP contribution in [0.25, 0.3) is 0 Å². The zero-order valence-corrected chi connectivity index (χ0v) is 11.7. The van der Waals surface area contributed by atoms with E-state index in [1.165, 1.54) is 18.2 Å². The fourth-order valence-electron chi connectivity index (χ4n) is 1.65. The van der Waals surface area contributed by atoms with Gasteiger partial charge >= 0.3 is 0 Å². The van der Waals surface area contributed by atoms with Gasteiger partial charge < -0.3 is 10.5 Å². The van der Waals surface area contributed by atoms with Crippen molar-refractivity contribution >= 4 is 15.9 Å². The lowest BCUT2D eigenvalue weighted by Gasteiger charge is -2.14. The van der Waals surface area contributed by atoms with E-state index >= 15 is 0 Å². The molecule has 0 amide bonds. The molecule has 5 heteroatoms. The molecule has 0 radical (unpaired) electrons. The number of hydrogen-bond donors (Lipinski definition) is 1. The van der Waals surface area contributed by atoms with E-state index in [2.05, 4.69) is 15.9 Å². The molecule has 0 aliphatic carbocycles. The molecule has 2 aromatic carbocycles. The first-order valence-corrected chi connectivity index (χ1v) is 6.45. The molecule has 100 valence electrons. The fraction of sp³-hybridized carbons (Fsp3) is 0.143. The summed E-state index contributed by atoms with van der Waals surface area (Å²) in [5.74, 6) is -0.763. The maximum Gasteiger partial charge on any atom is 0.167 e. The van der Waals surface area contributed by atoms with Gasteiger partial charge in [-0.05, 0) is 41.1 Å². The lowest BCUT2D eigenvalue weighted by Crippen LogP contribution is -2.07. The van der Waals surface area contributed by atoms with E-state index in [0.717, 1.165) is 0 Å². The first-order valence-electron chi connectivity index (χ1n) is 5.66. The van der Waals surface area contributed by atoms with E-state index < -0.39 is 11.6 Å². The van der Waals surface area contributed by atoms with Crippen LogP contribution in [0.15, 0.2) is 40.9 Å². The summed E-state index contributed by atoms with van der Waals surface area (Å²) in [6.45, 7) is 1.73. The Morgan fingerprint density at radius 1 is 1.16 bits per heavy atom. The van der Waals surface area contributed by atoms with Crippen LogP contribution >= 0.6 is 15.9 Å². The minimum Gasteiger partial charge on any atom is -0.454 e. The van der Waals surface area contributed by atoms with Gasteiger partial charge in [-0.15, -0.1) is 0 Å². The lowest BCUT2D eigenvalue weighted by atomic mass is 10.1. The van der Waals surface area contributed by atoms with Gasteiger partial charge in [0, 0.05) is 17.7 Å². The number of ether oxygens (including phenoxy) is 1. The molecule has 2 N–H and O–H groups in total. The van der Waals surface area contributed by atoms with Gasteiger partial charge in [0.1, 0.15) is 11.6 Å². The van der Waals surface area contributed by atoms with Crippen LogP contribution in [0.2, 0.25) is 0 Å². The van der Waals surface area contributed by atoms with Gasteiger partial charge in [0.2, 0.25) is 0 Å². The van der Waals surface area contributed by atoms with Gasteiger partial charge in [-0.2, -0.15) is 0 Å². The quantitative estimate of drug-likeness (QED) is 0.898. The molecule has 0 fully saturated rings. The number of nitrogens with two attached hydrogens (primary N) is 1. The van der Waals surface area contributed by atoms with E-state index in [9.17, 15) is 8.78 Å². The van der Waals surface area contributed by atoms with Gasteiger partial charge in [0.15, 0.2) is 11.6 Å². The maximum absolute atomic E-state index is 13.8.